The summed E-state index contributed by atoms with van der Waals surface area (Å²) in [5.74, 6) is 0. The normalized spacial score (nSPS) is 11.0. The lowest BCUT2D eigenvalue weighted by atomic mass is 10.0. The molecule has 23 heavy (non-hydrogen) atoms. The molecule has 0 aliphatic carbocycles. The van der Waals surface area contributed by atoms with Crippen LogP contribution in [0.3, 0.4) is 0 Å². The number of rotatable bonds is 18. The van der Waals surface area contributed by atoms with Crippen molar-refractivity contribution in [2.24, 2.45) is 4.99 Å². The van der Waals surface area contributed by atoms with E-state index in [1.165, 1.54) is 103 Å². The van der Waals surface area contributed by atoms with Crippen LogP contribution in [-0.2, 0) is 0 Å². The monoisotopic (exact) mass is 347 g/mol. The van der Waals surface area contributed by atoms with Crippen LogP contribution in [0.15, 0.2) is 4.99 Å². The fourth-order valence-corrected chi connectivity index (χ4v) is 2.90. The summed E-state index contributed by atoms with van der Waals surface area (Å²) in [5.41, 5.74) is 0. The number of aliphatic hydroxyl groups is 1. The molecule has 0 aromatic rings. The van der Waals surface area contributed by atoms with E-state index in [0.29, 0.717) is 0 Å². The van der Waals surface area contributed by atoms with Crippen LogP contribution in [0.25, 0.3) is 0 Å². The van der Waals surface area contributed by atoms with Gasteiger partial charge in [-0.05, 0) is 6.42 Å². The maximum atomic E-state index is 8.55. The number of hydrogen-bond donors (Lipinski definition) is 1. The first-order chi connectivity index (χ1) is 10.9. The highest BCUT2D eigenvalue weighted by atomic mass is 35.5. The Bertz CT molecular complexity index is 222. The first kappa shape index (κ1) is 25.2. The Morgan fingerprint density at radius 3 is 1.30 bits per heavy atom. The van der Waals surface area contributed by atoms with Gasteiger partial charge in [0.25, 0.3) is 0 Å². The standard InChI is InChI=1S/C20H41NO.ClH/c1-2-3-4-5-6-7-8-9-10-11-12-13-14-15-16-17-18-21-19-20-22;/h19,22H,2-18,20H2,1H3;1H. The van der Waals surface area contributed by atoms with Crippen molar-refractivity contribution < 1.29 is 5.11 Å². The van der Waals surface area contributed by atoms with Crippen LogP contribution in [-0.4, -0.2) is 24.5 Å². The maximum Gasteiger partial charge on any atom is 0.0779 e. The molecule has 0 heterocycles. The molecule has 0 aliphatic rings. The van der Waals surface area contributed by atoms with Gasteiger partial charge in [0.15, 0.2) is 0 Å². The van der Waals surface area contributed by atoms with Crippen LogP contribution in [0.2, 0.25) is 0 Å². The van der Waals surface area contributed by atoms with Crippen molar-refractivity contribution >= 4 is 18.6 Å². The Balaban J connectivity index is 0. The quantitative estimate of drug-likeness (QED) is 0.216. The average molecular weight is 348 g/mol. The Hall–Kier alpha value is -0.0800. The summed E-state index contributed by atoms with van der Waals surface area (Å²) >= 11 is 0. The lowest BCUT2D eigenvalue weighted by Crippen LogP contribution is -1.87. The van der Waals surface area contributed by atoms with Crippen molar-refractivity contribution in [2.45, 2.75) is 110 Å². The van der Waals surface area contributed by atoms with Crippen molar-refractivity contribution in [3.63, 3.8) is 0 Å². The number of hydrogen-bond acceptors (Lipinski definition) is 2. The van der Waals surface area contributed by atoms with E-state index in [2.05, 4.69) is 11.9 Å². The van der Waals surface area contributed by atoms with E-state index >= 15 is 0 Å². The molecule has 0 bridgehead atoms. The van der Waals surface area contributed by atoms with Crippen molar-refractivity contribution in [3.8, 4) is 0 Å². The van der Waals surface area contributed by atoms with Gasteiger partial charge in [-0.15, -0.1) is 12.4 Å². The molecule has 0 saturated heterocycles. The van der Waals surface area contributed by atoms with Crippen LogP contribution in [0, 0.1) is 0 Å². The zero-order valence-electron chi connectivity index (χ0n) is 15.6. The minimum atomic E-state index is 0. The summed E-state index contributed by atoms with van der Waals surface area (Å²) in [4.78, 5) is 4.12. The molecule has 0 amide bonds. The third-order valence-electron chi connectivity index (χ3n) is 4.35. The van der Waals surface area contributed by atoms with Crippen LogP contribution >= 0.6 is 12.4 Å². The zero-order chi connectivity index (χ0) is 16.1. The minimum absolute atomic E-state index is 0. The van der Waals surface area contributed by atoms with E-state index in [4.69, 9.17) is 5.11 Å². The molecule has 0 aliphatic heterocycles. The highest BCUT2D eigenvalue weighted by Gasteiger charge is 1.94. The molecular formula is C20H42ClNO. The number of aliphatic imine (C=N–C) groups is 1. The van der Waals surface area contributed by atoms with Gasteiger partial charge < -0.3 is 5.11 Å². The molecule has 140 valence electrons. The van der Waals surface area contributed by atoms with Crippen LogP contribution in [0.4, 0.5) is 0 Å². The summed E-state index contributed by atoms with van der Waals surface area (Å²) < 4.78 is 0. The van der Waals surface area contributed by atoms with Gasteiger partial charge in [-0.1, -0.05) is 103 Å². The third kappa shape index (κ3) is 24.3. The molecule has 0 aromatic heterocycles. The van der Waals surface area contributed by atoms with E-state index in [0.717, 1.165) is 6.54 Å². The predicted octanol–water partition coefficient (Wildman–Crippen LogP) is 6.73. The van der Waals surface area contributed by atoms with Crippen LogP contribution < -0.4 is 0 Å². The van der Waals surface area contributed by atoms with E-state index in [-0.39, 0.29) is 19.0 Å². The SMILES string of the molecule is CCCCCCCCCCCCCCCCCCN=CCO.Cl. The van der Waals surface area contributed by atoms with Gasteiger partial charge in [0.2, 0.25) is 0 Å². The molecule has 0 aromatic carbocycles. The molecule has 0 fully saturated rings. The molecule has 0 saturated carbocycles. The van der Waals surface area contributed by atoms with E-state index in [9.17, 15) is 0 Å². The third-order valence-corrected chi connectivity index (χ3v) is 4.35. The topological polar surface area (TPSA) is 32.6 Å². The second-order valence-corrected chi connectivity index (χ2v) is 6.57. The highest BCUT2D eigenvalue weighted by Crippen LogP contribution is 2.13. The minimum Gasteiger partial charge on any atom is -0.391 e. The molecule has 1 N–H and O–H groups in total. The van der Waals surface area contributed by atoms with Gasteiger partial charge in [-0.25, -0.2) is 0 Å². The van der Waals surface area contributed by atoms with Gasteiger partial charge in [0, 0.05) is 12.8 Å². The lowest BCUT2D eigenvalue weighted by molar-refractivity contribution is 0.361. The largest absolute Gasteiger partial charge is 0.391 e. The van der Waals surface area contributed by atoms with Gasteiger partial charge in [0.05, 0.1) is 6.61 Å². The molecule has 0 spiro atoms. The predicted molar refractivity (Wildman–Crippen MR) is 107 cm³/mol. The maximum absolute atomic E-state index is 8.55. The lowest BCUT2D eigenvalue weighted by Gasteiger charge is -2.03. The summed E-state index contributed by atoms with van der Waals surface area (Å²) in [6.07, 6.45) is 24.1. The summed E-state index contributed by atoms with van der Waals surface area (Å²) in [6.45, 7) is 3.26. The first-order valence-electron chi connectivity index (χ1n) is 10.0. The Morgan fingerprint density at radius 2 is 0.957 bits per heavy atom. The van der Waals surface area contributed by atoms with Gasteiger partial charge in [0.1, 0.15) is 0 Å². The molecule has 3 heteroatoms. The molecule has 0 unspecified atom stereocenters. The van der Waals surface area contributed by atoms with Crippen molar-refractivity contribution in [3.05, 3.63) is 0 Å². The number of halogens is 1. The molecule has 0 rings (SSSR count). The summed E-state index contributed by atoms with van der Waals surface area (Å²) in [7, 11) is 0. The second-order valence-electron chi connectivity index (χ2n) is 6.57. The average Bonchev–Trinajstić information content (AvgIpc) is 2.54. The van der Waals surface area contributed by atoms with Crippen molar-refractivity contribution in [2.75, 3.05) is 13.2 Å². The summed E-state index contributed by atoms with van der Waals surface area (Å²) in [6, 6.07) is 0. The van der Waals surface area contributed by atoms with Gasteiger partial charge in [-0.2, -0.15) is 0 Å². The molecule has 2 nitrogen and oxygen atoms in total. The Morgan fingerprint density at radius 1 is 0.609 bits per heavy atom. The van der Waals surface area contributed by atoms with Gasteiger partial charge >= 0.3 is 0 Å². The van der Waals surface area contributed by atoms with Crippen LogP contribution in [0.5, 0.6) is 0 Å². The van der Waals surface area contributed by atoms with Gasteiger partial charge in [-0.3, -0.25) is 4.99 Å². The number of nitrogens with zero attached hydrogens (tertiary/aromatic N) is 1. The fourth-order valence-electron chi connectivity index (χ4n) is 2.90. The van der Waals surface area contributed by atoms with Crippen LogP contribution in [0.1, 0.15) is 110 Å². The fraction of sp³-hybridized carbons (Fsp3) is 0.950. The number of aliphatic hydroxyl groups excluding tert-OH is 1. The van der Waals surface area contributed by atoms with Crippen molar-refractivity contribution in [1.29, 1.82) is 0 Å². The van der Waals surface area contributed by atoms with Crippen molar-refractivity contribution in [1.82, 2.24) is 0 Å². The zero-order valence-corrected chi connectivity index (χ0v) is 16.4. The van der Waals surface area contributed by atoms with E-state index in [1.54, 1.807) is 6.21 Å². The number of unbranched alkanes of at least 4 members (excludes halogenated alkanes) is 15. The molecular weight excluding hydrogens is 306 g/mol. The molecule has 0 atom stereocenters. The highest BCUT2D eigenvalue weighted by molar-refractivity contribution is 5.85. The smallest absolute Gasteiger partial charge is 0.0779 e. The second kappa shape index (κ2) is 24.2. The van der Waals surface area contributed by atoms with E-state index < -0.39 is 0 Å². The first-order valence-corrected chi connectivity index (χ1v) is 10.0. The molecule has 0 radical (unpaired) electrons. The Kier molecular flexibility index (Phi) is 26.5. The summed E-state index contributed by atoms with van der Waals surface area (Å²) in [5, 5.41) is 8.55. The van der Waals surface area contributed by atoms with E-state index in [1.807, 2.05) is 0 Å². The Labute approximate surface area is 152 Å².